The van der Waals surface area contributed by atoms with Crippen LogP contribution in [0.1, 0.15) is 192 Å². The number of ketones is 1. The molecule has 9 aliphatic rings. The summed E-state index contributed by atoms with van der Waals surface area (Å²) in [5.74, 6) is 7.10. The van der Waals surface area contributed by atoms with E-state index < -0.39 is 35.7 Å². The van der Waals surface area contributed by atoms with E-state index in [1.165, 1.54) is 132 Å². The second-order valence-electron chi connectivity index (χ2n) is 29.3. The summed E-state index contributed by atoms with van der Waals surface area (Å²) in [6.07, 6.45) is 24.3. The highest BCUT2D eigenvalue weighted by Gasteiger charge is 2.44. The summed E-state index contributed by atoms with van der Waals surface area (Å²) in [5.41, 5.74) is 9.96. The number of carbonyl (C=O) groups is 3. The molecule has 0 radical (unpaired) electrons. The summed E-state index contributed by atoms with van der Waals surface area (Å²) in [4.78, 5) is 40.9. The van der Waals surface area contributed by atoms with Gasteiger partial charge in [0.05, 0.1) is 26.9 Å². The molecule has 8 aliphatic heterocycles. The number of rotatable bonds is 19. The van der Waals surface area contributed by atoms with Gasteiger partial charge >= 0.3 is 12.2 Å². The monoisotopic (exact) mass is 1440 g/mol. The lowest BCUT2D eigenvalue weighted by atomic mass is 9.90. The Labute approximate surface area is 586 Å². The lowest BCUT2D eigenvalue weighted by molar-refractivity contribution is 0.0180. The predicted molar refractivity (Wildman–Crippen MR) is 390 cm³/mol. The standard InChI is InChI=1S/C26H38N2O4S3.C24H36N2O5S.C21H32N2O2S3/c1-25(11-12-25)32-24(29)27-13-7-20(8-14-27)4-3-10-26(33-16-17-34-26)23-6-5-22-19-28(35(2,30)31)15-9-21(22)18-23;1-24(2,3)31-23(28)25-13-10-18(11-14-25)6-5-7-22(27)20-8-9-21-17-26(32(4,29)30)15-12-19(21)16-20;1-28(24,25)23-12-8-18-15-20(5-4-19(18)16-23)21(26-13-14-27-21)9-2-3-17-6-10-22-11-7-17/h5-6,18,20H,3-4,7-17,19H2,1-2H3;8-9,16,18H,5-7,10-15,17H2,1-4H3;4-5,15,17,22H,2-3,6-14,16H2,1H3. The molecule has 5 saturated heterocycles. The zero-order chi connectivity index (χ0) is 67.8. The van der Waals surface area contributed by atoms with E-state index in [0.717, 1.165) is 112 Å². The molecule has 0 aromatic heterocycles. The molecule has 1 aliphatic carbocycles. The van der Waals surface area contributed by atoms with Gasteiger partial charge in [-0.25, -0.2) is 34.8 Å². The molecule has 12 rings (SSSR count). The molecule has 17 nitrogen and oxygen atoms in total. The fourth-order valence-electron chi connectivity index (χ4n) is 14.7. The van der Waals surface area contributed by atoms with Crippen molar-refractivity contribution >= 4 is 95.1 Å². The Bertz CT molecular complexity index is 3490. The molecule has 3 aromatic rings. The molecule has 2 amide bonds. The van der Waals surface area contributed by atoms with Crippen molar-refractivity contribution in [2.45, 2.75) is 195 Å². The molecule has 528 valence electrons. The minimum absolute atomic E-state index is 0.117. The number of Topliss-reactive ketones (excluding diaryl/α,β-unsaturated/α-hetero) is 1. The molecule has 6 fully saturated rings. The second kappa shape index (κ2) is 32.3. The molecular formula is C71H106N6O11S7. The Morgan fingerprint density at radius 1 is 0.516 bits per heavy atom. The van der Waals surface area contributed by atoms with Crippen molar-refractivity contribution in [3.05, 3.63) is 105 Å². The molecular weight excluding hydrogens is 1340 g/mol. The van der Waals surface area contributed by atoms with Crippen molar-refractivity contribution in [3.63, 3.8) is 0 Å². The van der Waals surface area contributed by atoms with Gasteiger partial charge in [-0.15, -0.1) is 47.0 Å². The highest BCUT2D eigenvalue weighted by Crippen LogP contribution is 2.57. The molecule has 1 saturated carbocycles. The number of sulfonamides is 3. The predicted octanol–water partition coefficient (Wildman–Crippen LogP) is 13.0. The maximum absolute atomic E-state index is 12.7. The summed E-state index contributed by atoms with van der Waals surface area (Å²) in [7, 11) is -9.45. The Morgan fingerprint density at radius 3 is 1.32 bits per heavy atom. The van der Waals surface area contributed by atoms with Gasteiger partial charge in [0.15, 0.2) is 5.78 Å². The number of thioether (sulfide) groups is 4. The summed E-state index contributed by atoms with van der Waals surface area (Å²) in [6.45, 7) is 16.2. The van der Waals surface area contributed by atoms with Crippen LogP contribution in [0.3, 0.4) is 0 Å². The van der Waals surface area contributed by atoms with Crippen molar-refractivity contribution in [1.82, 2.24) is 28.0 Å². The maximum atomic E-state index is 12.7. The lowest BCUT2D eigenvalue weighted by Crippen LogP contribution is -2.41. The number of ether oxygens (including phenoxy) is 2. The average molecular weight is 1440 g/mol. The number of fused-ring (bicyclic) bond motifs is 3. The van der Waals surface area contributed by atoms with Gasteiger partial charge in [-0.3, -0.25) is 4.79 Å². The third-order valence-electron chi connectivity index (χ3n) is 20.8. The van der Waals surface area contributed by atoms with Crippen molar-refractivity contribution in [3.8, 4) is 0 Å². The van der Waals surface area contributed by atoms with Gasteiger partial charge in [0.25, 0.3) is 0 Å². The van der Waals surface area contributed by atoms with Crippen molar-refractivity contribution < 1.29 is 49.1 Å². The van der Waals surface area contributed by atoms with Gasteiger partial charge in [0.1, 0.15) is 11.2 Å². The van der Waals surface area contributed by atoms with Gasteiger partial charge in [0, 0.05) is 100 Å². The highest BCUT2D eigenvalue weighted by atomic mass is 32.2. The zero-order valence-corrected chi connectivity index (χ0v) is 63.2. The van der Waals surface area contributed by atoms with Crippen LogP contribution in [-0.2, 0) is 86.6 Å². The van der Waals surface area contributed by atoms with Crippen LogP contribution in [0.4, 0.5) is 9.59 Å². The first-order valence-corrected chi connectivity index (χ1v) is 44.5. The molecule has 24 heteroatoms. The van der Waals surface area contributed by atoms with E-state index in [0.29, 0.717) is 77.0 Å². The number of amides is 2. The van der Waals surface area contributed by atoms with Crippen LogP contribution in [0.25, 0.3) is 0 Å². The fourth-order valence-corrected chi connectivity index (χ4v) is 23.7. The molecule has 95 heavy (non-hydrogen) atoms. The van der Waals surface area contributed by atoms with Crippen molar-refractivity contribution in [2.75, 3.05) is 101 Å². The maximum Gasteiger partial charge on any atom is 0.410 e. The third kappa shape index (κ3) is 20.8. The largest absolute Gasteiger partial charge is 0.444 e. The summed E-state index contributed by atoms with van der Waals surface area (Å²) in [6, 6.07) is 19.3. The summed E-state index contributed by atoms with van der Waals surface area (Å²) in [5, 5.41) is 3.47. The smallest absolute Gasteiger partial charge is 0.410 e. The SMILES string of the molecule is CC(C)(C)OC(=O)N1CCC(CCCC(=O)c2ccc3c(c2)CCN(S(C)(=O)=O)C3)CC1.CC1(OC(=O)N2CCC(CCCC3(c4ccc5c(c4)CCN(S(C)(=O)=O)C5)SCCS3)CC2)CC1.CS(=O)(=O)N1CCc2cc(C3(CCCC4CCNCC4)SCCS3)ccc2C1. The van der Waals surface area contributed by atoms with Crippen LogP contribution in [0.5, 0.6) is 0 Å². The number of hydrogen-bond acceptors (Lipinski definition) is 16. The number of hydrogen-bond donors (Lipinski definition) is 1. The van der Waals surface area contributed by atoms with E-state index in [-0.39, 0.29) is 31.7 Å². The number of carbonyl (C=O) groups excluding carboxylic acids is 3. The normalized spacial score (nSPS) is 22.1. The Kier molecular flexibility index (Phi) is 25.4. The molecule has 0 spiro atoms. The van der Waals surface area contributed by atoms with Crippen LogP contribution in [0.2, 0.25) is 0 Å². The number of likely N-dealkylation sites (tertiary alicyclic amines) is 2. The summed E-state index contributed by atoms with van der Waals surface area (Å²) >= 11 is 8.43. The van der Waals surface area contributed by atoms with E-state index in [4.69, 9.17) is 9.47 Å². The minimum atomic E-state index is -3.20. The van der Waals surface area contributed by atoms with Crippen molar-refractivity contribution in [2.24, 2.45) is 17.8 Å². The first-order chi connectivity index (χ1) is 45.0. The van der Waals surface area contributed by atoms with E-state index in [1.54, 1.807) is 13.5 Å². The lowest BCUT2D eigenvalue weighted by Gasteiger charge is -2.34. The quantitative estimate of drug-likeness (QED) is 0.111. The van der Waals surface area contributed by atoms with Gasteiger partial charge in [-0.2, -0.15) is 12.9 Å². The first kappa shape index (κ1) is 74.6. The van der Waals surface area contributed by atoms with Gasteiger partial charge < -0.3 is 24.6 Å². The molecule has 3 aromatic carbocycles. The Balaban J connectivity index is 0.000000156. The topological polar surface area (TPSA) is 200 Å². The van der Waals surface area contributed by atoms with Crippen LogP contribution < -0.4 is 5.32 Å². The van der Waals surface area contributed by atoms with Crippen LogP contribution in [-0.4, -0.2) is 178 Å². The van der Waals surface area contributed by atoms with Crippen molar-refractivity contribution in [1.29, 1.82) is 0 Å². The van der Waals surface area contributed by atoms with E-state index in [9.17, 15) is 39.6 Å². The molecule has 0 atom stereocenters. The van der Waals surface area contributed by atoms with Crippen LogP contribution in [0, 0.1) is 17.8 Å². The highest BCUT2D eigenvalue weighted by molar-refractivity contribution is 8.21. The van der Waals surface area contributed by atoms with E-state index in [2.05, 4.69) is 88.8 Å². The van der Waals surface area contributed by atoms with Crippen LogP contribution in [0.15, 0.2) is 54.6 Å². The molecule has 8 heterocycles. The number of benzene rings is 3. The van der Waals surface area contributed by atoms with Crippen LogP contribution >= 0.6 is 47.0 Å². The second-order valence-corrected chi connectivity index (χ2v) is 41.4. The molecule has 1 N–H and O–H groups in total. The Hall–Kier alpha value is -3.04. The summed E-state index contributed by atoms with van der Waals surface area (Å²) < 4.78 is 87.3. The fraction of sp³-hybridized carbons (Fsp3) is 0.704. The number of nitrogens with one attached hydrogen (secondary N) is 1. The Morgan fingerprint density at radius 2 is 0.905 bits per heavy atom. The van der Waals surface area contributed by atoms with E-state index >= 15 is 0 Å². The van der Waals surface area contributed by atoms with Gasteiger partial charge in [0.2, 0.25) is 30.1 Å². The average Bonchev–Trinajstić information content (AvgIpc) is 1.77. The van der Waals surface area contributed by atoms with Gasteiger partial charge in [-0.05, 0) is 205 Å². The first-order valence-electron chi connectivity index (χ1n) is 35.0. The minimum Gasteiger partial charge on any atom is -0.444 e. The van der Waals surface area contributed by atoms with Gasteiger partial charge in [-0.1, -0.05) is 74.2 Å². The zero-order valence-electron chi connectivity index (χ0n) is 57.5. The number of piperidine rings is 3. The molecule has 0 unspecified atom stereocenters. The number of nitrogens with zero attached hydrogens (tertiary/aromatic N) is 5. The van der Waals surface area contributed by atoms with E-state index in [1.807, 2.05) is 50.8 Å². The third-order valence-corrected chi connectivity index (χ3v) is 31.7. The molecule has 0 bridgehead atoms.